The highest BCUT2D eigenvalue weighted by Gasteiger charge is 2.24. The Morgan fingerprint density at radius 2 is 2.20 bits per heavy atom. The molecule has 1 atom stereocenters. The van der Waals surface area contributed by atoms with Gasteiger partial charge in [0.25, 0.3) is 0 Å². The molecule has 1 aliphatic carbocycles. The molecule has 2 N–H and O–H groups in total. The van der Waals surface area contributed by atoms with E-state index in [1.807, 2.05) is 0 Å². The first kappa shape index (κ1) is 17.6. The summed E-state index contributed by atoms with van der Waals surface area (Å²) in [5.41, 5.74) is 0.592. The van der Waals surface area contributed by atoms with Gasteiger partial charge in [-0.3, -0.25) is 4.79 Å². The van der Waals surface area contributed by atoms with Gasteiger partial charge in [0.15, 0.2) is 5.65 Å². The zero-order valence-corrected chi connectivity index (χ0v) is 14.5. The molecule has 136 valence electrons. The lowest BCUT2D eigenvalue weighted by Gasteiger charge is -2.31. The van der Waals surface area contributed by atoms with Gasteiger partial charge in [0.05, 0.1) is 18.7 Å². The number of hydrogen-bond acceptors (Lipinski definition) is 7. The van der Waals surface area contributed by atoms with E-state index in [4.69, 9.17) is 4.74 Å². The molecule has 0 radical (unpaired) electrons. The van der Waals surface area contributed by atoms with Crippen LogP contribution in [-0.2, 0) is 16.1 Å². The minimum atomic E-state index is -0.376. The molecule has 1 aliphatic rings. The molecule has 0 amide bonds. The minimum Gasteiger partial charge on any atom is -0.468 e. The SMILES string of the molecule is COC(=O)Cn1ncc2c(N[C@H](CCO)C3CCCCC3)ncnc21. The fourth-order valence-corrected chi connectivity index (χ4v) is 3.59. The normalized spacial score (nSPS) is 16.7. The van der Waals surface area contributed by atoms with Crippen molar-refractivity contribution in [2.24, 2.45) is 5.92 Å². The van der Waals surface area contributed by atoms with Gasteiger partial charge in [-0.25, -0.2) is 14.6 Å². The van der Waals surface area contributed by atoms with Gasteiger partial charge in [-0.05, 0) is 25.2 Å². The van der Waals surface area contributed by atoms with Crippen LogP contribution in [0, 0.1) is 5.92 Å². The smallest absolute Gasteiger partial charge is 0.327 e. The second-order valence-corrected chi connectivity index (χ2v) is 6.50. The maximum absolute atomic E-state index is 11.5. The Hall–Kier alpha value is -2.22. The standard InChI is InChI=1S/C17H25N5O3/c1-25-15(24)10-22-17-13(9-20-22)16(18-11-19-17)21-14(7-8-23)12-5-3-2-4-6-12/h9,11-12,14,23H,2-8,10H2,1H3,(H,18,19,21)/t14-/m1/s1. The van der Waals surface area contributed by atoms with Crippen LogP contribution < -0.4 is 5.32 Å². The van der Waals surface area contributed by atoms with Crippen molar-refractivity contribution in [3.8, 4) is 0 Å². The third-order valence-corrected chi connectivity index (χ3v) is 4.92. The summed E-state index contributed by atoms with van der Waals surface area (Å²) in [4.78, 5) is 20.1. The highest BCUT2D eigenvalue weighted by atomic mass is 16.5. The molecule has 2 heterocycles. The zero-order chi connectivity index (χ0) is 17.6. The molecule has 8 nitrogen and oxygen atoms in total. The topological polar surface area (TPSA) is 102 Å². The fraction of sp³-hybridized carbons (Fsp3) is 0.647. The monoisotopic (exact) mass is 347 g/mol. The van der Waals surface area contributed by atoms with Crippen LogP contribution in [0.25, 0.3) is 11.0 Å². The molecular formula is C17H25N5O3. The lowest BCUT2D eigenvalue weighted by Crippen LogP contribution is -2.32. The van der Waals surface area contributed by atoms with E-state index in [1.54, 1.807) is 6.20 Å². The molecule has 0 saturated heterocycles. The Labute approximate surface area is 146 Å². The third-order valence-electron chi connectivity index (χ3n) is 4.92. The average Bonchev–Trinajstić information content (AvgIpc) is 3.06. The number of carbonyl (C=O) groups is 1. The largest absolute Gasteiger partial charge is 0.468 e. The van der Waals surface area contributed by atoms with Crippen LogP contribution in [0.4, 0.5) is 5.82 Å². The number of aliphatic hydroxyl groups is 1. The van der Waals surface area contributed by atoms with Gasteiger partial charge in [-0.1, -0.05) is 19.3 Å². The predicted molar refractivity (Wildman–Crippen MR) is 93.0 cm³/mol. The maximum atomic E-state index is 11.5. The van der Waals surface area contributed by atoms with E-state index in [1.165, 1.54) is 50.2 Å². The van der Waals surface area contributed by atoms with E-state index in [0.29, 0.717) is 23.8 Å². The van der Waals surface area contributed by atoms with E-state index in [0.717, 1.165) is 5.39 Å². The van der Waals surface area contributed by atoms with Gasteiger partial charge in [0.2, 0.25) is 0 Å². The highest BCUT2D eigenvalue weighted by molar-refractivity contribution is 5.87. The van der Waals surface area contributed by atoms with Crippen molar-refractivity contribution in [3.05, 3.63) is 12.5 Å². The molecule has 0 aliphatic heterocycles. The number of esters is 1. The fourth-order valence-electron chi connectivity index (χ4n) is 3.59. The van der Waals surface area contributed by atoms with Gasteiger partial charge in [0, 0.05) is 12.6 Å². The first-order valence-corrected chi connectivity index (χ1v) is 8.83. The van der Waals surface area contributed by atoms with E-state index in [9.17, 15) is 9.90 Å². The van der Waals surface area contributed by atoms with Gasteiger partial charge in [-0.2, -0.15) is 5.10 Å². The summed E-state index contributed by atoms with van der Waals surface area (Å²) >= 11 is 0. The van der Waals surface area contributed by atoms with Crippen LogP contribution in [0.3, 0.4) is 0 Å². The molecule has 0 bridgehead atoms. The van der Waals surface area contributed by atoms with Crippen LogP contribution >= 0.6 is 0 Å². The number of methoxy groups -OCH3 is 1. The molecule has 8 heteroatoms. The lowest BCUT2D eigenvalue weighted by atomic mass is 9.82. The number of aliphatic hydroxyl groups excluding tert-OH is 1. The minimum absolute atomic E-state index is 0.0130. The van der Waals surface area contributed by atoms with Crippen LogP contribution in [0.5, 0.6) is 0 Å². The Kier molecular flexibility index (Phi) is 5.80. The van der Waals surface area contributed by atoms with E-state index in [2.05, 4.69) is 20.4 Å². The van der Waals surface area contributed by atoms with Gasteiger partial charge in [-0.15, -0.1) is 0 Å². The summed E-state index contributed by atoms with van der Waals surface area (Å²) in [6.45, 7) is 0.156. The van der Waals surface area contributed by atoms with Crippen LogP contribution in [-0.4, -0.2) is 50.6 Å². The van der Waals surface area contributed by atoms with Crippen LogP contribution in [0.2, 0.25) is 0 Å². The van der Waals surface area contributed by atoms with Gasteiger partial charge in [0.1, 0.15) is 18.7 Å². The Bertz CT molecular complexity index is 711. The van der Waals surface area contributed by atoms with Crippen molar-refractivity contribution in [2.45, 2.75) is 51.1 Å². The molecule has 1 fully saturated rings. The number of rotatable bonds is 7. The number of hydrogen-bond donors (Lipinski definition) is 2. The second kappa shape index (κ2) is 8.24. The summed E-state index contributed by atoms with van der Waals surface area (Å²) < 4.78 is 6.20. The van der Waals surface area contributed by atoms with Gasteiger partial charge >= 0.3 is 5.97 Å². The lowest BCUT2D eigenvalue weighted by molar-refractivity contribution is -0.141. The zero-order valence-electron chi connectivity index (χ0n) is 14.5. The first-order valence-electron chi connectivity index (χ1n) is 8.83. The number of nitrogens with one attached hydrogen (secondary N) is 1. The number of fused-ring (bicyclic) bond motifs is 1. The maximum Gasteiger partial charge on any atom is 0.327 e. The van der Waals surface area contributed by atoms with E-state index in [-0.39, 0.29) is 25.2 Å². The molecule has 3 rings (SSSR count). The number of anilines is 1. The number of ether oxygens (including phenoxy) is 1. The molecule has 25 heavy (non-hydrogen) atoms. The quantitative estimate of drug-likeness (QED) is 0.736. The molecule has 0 spiro atoms. The van der Waals surface area contributed by atoms with Gasteiger partial charge < -0.3 is 15.2 Å². The van der Waals surface area contributed by atoms with Crippen molar-refractivity contribution >= 4 is 22.8 Å². The molecule has 0 unspecified atom stereocenters. The number of aromatic nitrogens is 4. The molecule has 2 aromatic rings. The molecule has 0 aromatic carbocycles. The first-order chi connectivity index (χ1) is 12.2. The van der Waals surface area contributed by atoms with Crippen molar-refractivity contribution in [1.82, 2.24) is 19.7 Å². The molecule has 1 saturated carbocycles. The van der Waals surface area contributed by atoms with Crippen molar-refractivity contribution < 1.29 is 14.6 Å². The van der Waals surface area contributed by atoms with Crippen LogP contribution in [0.1, 0.15) is 38.5 Å². The van der Waals surface area contributed by atoms with Crippen molar-refractivity contribution in [2.75, 3.05) is 19.0 Å². The second-order valence-electron chi connectivity index (χ2n) is 6.50. The summed E-state index contributed by atoms with van der Waals surface area (Å²) in [6, 6.07) is 0.173. The highest BCUT2D eigenvalue weighted by Crippen LogP contribution is 2.30. The Balaban J connectivity index is 1.83. The Morgan fingerprint density at radius 3 is 2.92 bits per heavy atom. The summed E-state index contributed by atoms with van der Waals surface area (Å²) in [7, 11) is 1.35. The van der Waals surface area contributed by atoms with E-state index >= 15 is 0 Å². The number of carbonyl (C=O) groups excluding carboxylic acids is 1. The third kappa shape index (κ3) is 4.07. The van der Waals surface area contributed by atoms with Crippen molar-refractivity contribution in [1.29, 1.82) is 0 Å². The summed E-state index contributed by atoms with van der Waals surface area (Å²) in [6.07, 6.45) is 9.94. The van der Waals surface area contributed by atoms with Crippen molar-refractivity contribution in [3.63, 3.8) is 0 Å². The van der Waals surface area contributed by atoms with E-state index < -0.39 is 0 Å². The number of nitrogens with zero attached hydrogens (tertiary/aromatic N) is 4. The molecular weight excluding hydrogens is 322 g/mol. The molecule has 2 aromatic heterocycles. The van der Waals surface area contributed by atoms with Crippen LogP contribution in [0.15, 0.2) is 12.5 Å². The predicted octanol–water partition coefficient (Wildman–Crippen LogP) is 1.74. The average molecular weight is 347 g/mol. The Morgan fingerprint density at radius 1 is 1.40 bits per heavy atom. The summed E-state index contributed by atoms with van der Waals surface area (Å²) in [5.74, 6) is 0.861. The summed E-state index contributed by atoms with van der Waals surface area (Å²) in [5, 5.41) is 17.9.